The van der Waals surface area contributed by atoms with Crippen LogP contribution in [0.25, 0.3) is 0 Å². The molecule has 0 amide bonds. The molecule has 5 heteroatoms. The lowest BCUT2D eigenvalue weighted by Crippen LogP contribution is -2.38. The fraction of sp³-hybridized carbons (Fsp3) is 0.375. The van der Waals surface area contributed by atoms with Gasteiger partial charge < -0.3 is 10.1 Å². The van der Waals surface area contributed by atoms with E-state index < -0.39 is 0 Å². The van der Waals surface area contributed by atoms with E-state index >= 15 is 0 Å². The molecule has 2 aromatic heterocycles. The molecular formula is C16H20N4O. The van der Waals surface area contributed by atoms with Crippen molar-refractivity contribution in [1.82, 2.24) is 14.9 Å². The highest BCUT2D eigenvalue weighted by Crippen LogP contribution is 2.22. The number of morpholine rings is 1. The topological polar surface area (TPSA) is 50.3 Å². The van der Waals surface area contributed by atoms with Crippen LogP contribution in [-0.4, -0.2) is 41.6 Å². The second-order valence-electron chi connectivity index (χ2n) is 5.18. The van der Waals surface area contributed by atoms with E-state index in [1.807, 2.05) is 37.6 Å². The Morgan fingerprint density at radius 3 is 3.00 bits per heavy atom. The minimum absolute atomic E-state index is 0.0429. The molecule has 0 aromatic carbocycles. The van der Waals surface area contributed by atoms with Crippen molar-refractivity contribution < 1.29 is 4.74 Å². The van der Waals surface area contributed by atoms with Gasteiger partial charge in [-0.2, -0.15) is 0 Å². The van der Waals surface area contributed by atoms with Crippen LogP contribution in [0.15, 0.2) is 42.9 Å². The molecule has 110 valence electrons. The van der Waals surface area contributed by atoms with Gasteiger partial charge in [-0.05, 0) is 23.8 Å². The van der Waals surface area contributed by atoms with Gasteiger partial charge in [0.1, 0.15) is 6.10 Å². The first-order valence-electron chi connectivity index (χ1n) is 7.22. The maximum atomic E-state index is 5.87. The van der Waals surface area contributed by atoms with Crippen molar-refractivity contribution >= 4 is 5.69 Å². The summed E-state index contributed by atoms with van der Waals surface area (Å²) in [5.74, 6) is 0. The van der Waals surface area contributed by atoms with Crippen LogP contribution in [0.3, 0.4) is 0 Å². The monoisotopic (exact) mass is 284 g/mol. The zero-order chi connectivity index (χ0) is 14.5. The number of anilines is 1. The molecule has 3 rings (SSSR count). The predicted octanol–water partition coefficient (Wildman–Crippen LogP) is 2.09. The lowest BCUT2D eigenvalue weighted by Gasteiger charge is -2.32. The minimum atomic E-state index is 0.0429. The van der Waals surface area contributed by atoms with Gasteiger partial charge in [0.25, 0.3) is 0 Å². The summed E-state index contributed by atoms with van der Waals surface area (Å²) < 4.78 is 5.87. The molecule has 0 bridgehead atoms. The van der Waals surface area contributed by atoms with E-state index in [9.17, 15) is 0 Å². The van der Waals surface area contributed by atoms with Gasteiger partial charge in [0, 0.05) is 39.1 Å². The first-order chi connectivity index (χ1) is 10.3. The first kappa shape index (κ1) is 14.0. The van der Waals surface area contributed by atoms with Gasteiger partial charge >= 0.3 is 0 Å². The van der Waals surface area contributed by atoms with Crippen molar-refractivity contribution in [2.45, 2.75) is 12.6 Å². The van der Waals surface area contributed by atoms with Gasteiger partial charge in [-0.1, -0.05) is 6.07 Å². The van der Waals surface area contributed by atoms with Crippen LogP contribution < -0.4 is 5.32 Å². The second kappa shape index (κ2) is 6.65. The van der Waals surface area contributed by atoms with Crippen LogP contribution in [0.2, 0.25) is 0 Å². The summed E-state index contributed by atoms with van der Waals surface area (Å²) in [6, 6.07) is 8.15. The third-order valence-corrected chi connectivity index (χ3v) is 3.68. The van der Waals surface area contributed by atoms with Gasteiger partial charge in [-0.3, -0.25) is 14.9 Å². The van der Waals surface area contributed by atoms with E-state index in [4.69, 9.17) is 4.74 Å². The predicted molar refractivity (Wildman–Crippen MR) is 82.0 cm³/mol. The first-order valence-corrected chi connectivity index (χ1v) is 7.22. The van der Waals surface area contributed by atoms with Crippen molar-refractivity contribution in [3.05, 3.63) is 54.1 Å². The molecule has 0 aliphatic carbocycles. The smallest absolute Gasteiger partial charge is 0.112 e. The van der Waals surface area contributed by atoms with Crippen LogP contribution >= 0.6 is 0 Å². The number of hydrogen-bond donors (Lipinski definition) is 1. The lowest BCUT2D eigenvalue weighted by atomic mass is 10.1. The molecule has 21 heavy (non-hydrogen) atoms. The Hall–Kier alpha value is -1.98. The van der Waals surface area contributed by atoms with E-state index in [0.717, 1.165) is 37.6 Å². The van der Waals surface area contributed by atoms with Crippen LogP contribution in [-0.2, 0) is 11.3 Å². The normalized spacial score (nSPS) is 19.4. The summed E-state index contributed by atoms with van der Waals surface area (Å²) in [5.41, 5.74) is 3.24. The Kier molecular flexibility index (Phi) is 4.43. The molecular weight excluding hydrogens is 264 g/mol. The molecule has 1 saturated heterocycles. The Morgan fingerprint density at radius 1 is 1.33 bits per heavy atom. The quantitative estimate of drug-likeness (QED) is 0.931. The van der Waals surface area contributed by atoms with Gasteiger partial charge in [-0.15, -0.1) is 0 Å². The summed E-state index contributed by atoms with van der Waals surface area (Å²) in [4.78, 5) is 11.0. The molecule has 1 N–H and O–H groups in total. The zero-order valence-corrected chi connectivity index (χ0v) is 12.2. The summed E-state index contributed by atoms with van der Waals surface area (Å²) in [5, 5.41) is 3.08. The largest absolute Gasteiger partial charge is 0.387 e. The SMILES string of the molecule is CNc1ccc(C2CN(Cc3cccnc3)CCO2)nc1. The summed E-state index contributed by atoms with van der Waals surface area (Å²) in [6.45, 7) is 3.45. The standard InChI is InChI=1S/C16H20N4O/c1-17-14-4-5-15(19-10-14)16-12-20(7-8-21-16)11-13-3-2-6-18-9-13/h2-6,9-10,16-17H,7-8,11-12H2,1H3. The lowest BCUT2D eigenvalue weighted by molar-refractivity contribution is -0.0350. The molecule has 0 saturated carbocycles. The van der Waals surface area contributed by atoms with Gasteiger partial charge in [0.05, 0.1) is 24.2 Å². The van der Waals surface area contributed by atoms with Crippen molar-refractivity contribution in [2.24, 2.45) is 0 Å². The van der Waals surface area contributed by atoms with Crippen LogP contribution in [0.1, 0.15) is 17.4 Å². The van der Waals surface area contributed by atoms with Gasteiger partial charge in [0.2, 0.25) is 0 Å². The van der Waals surface area contributed by atoms with Crippen molar-refractivity contribution in [2.75, 3.05) is 32.1 Å². The number of ether oxygens (including phenoxy) is 1. The van der Waals surface area contributed by atoms with Crippen LogP contribution in [0.5, 0.6) is 0 Å². The molecule has 1 unspecified atom stereocenters. The highest BCUT2D eigenvalue weighted by Gasteiger charge is 2.22. The molecule has 1 atom stereocenters. The van der Waals surface area contributed by atoms with E-state index in [1.165, 1.54) is 5.56 Å². The average molecular weight is 284 g/mol. The van der Waals surface area contributed by atoms with Gasteiger partial charge in [0.15, 0.2) is 0 Å². The zero-order valence-electron chi connectivity index (χ0n) is 12.2. The maximum Gasteiger partial charge on any atom is 0.112 e. The van der Waals surface area contributed by atoms with Crippen molar-refractivity contribution in [3.8, 4) is 0 Å². The molecule has 0 radical (unpaired) electrons. The molecule has 5 nitrogen and oxygen atoms in total. The maximum absolute atomic E-state index is 5.87. The Bertz CT molecular complexity index is 558. The van der Waals surface area contributed by atoms with Crippen LogP contribution in [0, 0.1) is 0 Å². The van der Waals surface area contributed by atoms with Crippen molar-refractivity contribution in [3.63, 3.8) is 0 Å². The third kappa shape index (κ3) is 3.56. The number of rotatable bonds is 4. The van der Waals surface area contributed by atoms with Crippen LogP contribution in [0.4, 0.5) is 5.69 Å². The minimum Gasteiger partial charge on any atom is -0.387 e. The highest BCUT2D eigenvalue weighted by molar-refractivity contribution is 5.40. The Labute approximate surface area is 125 Å². The highest BCUT2D eigenvalue weighted by atomic mass is 16.5. The molecule has 3 heterocycles. The fourth-order valence-corrected chi connectivity index (χ4v) is 2.52. The summed E-state index contributed by atoms with van der Waals surface area (Å²) in [7, 11) is 1.89. The van der Waals surface area contributed by atoms with E-state index in [1.54, 1.807) is 6.20 Å². The average Bonchev–Trinajstić information content (AvgIpc) is 2.56. The van der Waals surface area contributed by atoms with E-state index in [0.29, 0.717) is 0 Å². The fourth-order valence-electron chi connectivity index (χ4n) is 2.52. The number of nitrogens with zero attached hydrogens (tertiary/aromatic N) is 3. The molecule has 1 aliphatic rings. The number of pyridine rings is 2. The number of nitrogens with one attached hydrogen (secondary N) is 1. The summed E-state index contributed by atoms with van der Waals surface area (Å²) in [6.07, 6.45) is 5.61. The van der Waals surface area contributed by atoms with Gasteiger partial charge in [-0.25, -0.2) is 0 Å². The molecule has 2 aromatic rings. The Morgan fingerprint density at radius 2 is 2.29 bits per heavy atom. The molecule has 1 aliphatic heterocycles. The van der Waals surface area contributed by atoms with E-state index in [2.05, 4.69) is 26.3 Å². The molecule has 1 fully saturated rings. The Balaban J connectivity index is 1.64. The molecule has 0 spiro atoms. The third-order valence-electron chi connectivity index (χ3n) is 3.68. The number of aromatic nitrogens is 2. The number of hydrogen-bond acceptors (Lipinski definition) is 5. The summed E-state index contributed by atoms with van der Waals surface area (Å²) >= 11 is 0. The van der Waals surface area contributed by atoms with E-state index in [-0.39, 0.29) is 6.10 Å². The second-order valence-corrected chi connectivity index (χ2v) is 5.18. The van der Waals surface area contributed by atoms with Crippen molar-refractivity contribution in [1.29, 1.82) is 0 Å².